The van der Waals surface area contributed by atoms with Gasteiger partial charge >= 0.3 is 0 Å². The van der Waals surface area contributed by atoms with Crippen LogP contribution in [-0.2, 0) is 4.74 Å². The molecule has 0 spiro atoms. The highest BCUT2D eigenvalue weighted by Crippen LogP contribution is 2.07. The van der Waals surface area contributed by atoms with Gasteiger partial charge in [0.15, 0.2) is 0 Å². The lowest BCUT2D eigenvalue weighted by Gasteiger charge is -2.04. The molecule has 96 valence electrons. The molecule has 0 radical (unpaired) electrons. The monoisotopic (exact) mass is 244 g/mol. The molecule has 0 amide bonds. The first-order chi connectivity index (χ1) is 7.77. The maximum atomic E-state index is 5.52. The van der Waals surface area contributed by atoms with Gasteiger partial charge in [0.2, 0.25) is 0 Å². The summed E-state index contributed by atoms with van der Waals surface area (Å²) in [4.78, 5) is 0. The number of thiol groups is 1. The third kappa shape index (κ3) is 14.1. The number of hydrogen-bond donors (Lipinski definition) is 1. The average Bonchev–Trinajstić information content (AvgIpc) is 2.25. The minimum atomic E-state index is 0.845. The average molecular weight is 244 g/mol. The Morgan fingerprint density at radius 1 is 0.938 bits per heavy atom. The summed E-state index contributed by atoms with van der Waals surface area (Å²) in [5, 5.41) is 0. The van der Waals surface area contributed by atoms with Crippen molar-refractivity contribution in [3.05, 3.63) is 12.2 Å². The molecule has 0 aromatic heterocycles. The summed E-state index contributed by atoms with van der Waals surface area (Å²) < 4.78 is 5.52. The van der Waals surface area contributed by atoms with Gasteiger partial charge in [0.25, 0.3) is 0 Å². The molecule has 0 aliphatic carbocycles. The van der Waals surface area contributed by atoms with Gasteiger partial charge < -0.3 is 4.74 Å². The zero-order valence-corrected chi connectivity index (χ0v) is 11.7. The van der Waals surface area contributed by atoms with Crippen molar-refractivity contribution in [1.82, 2.24) is 0 Å². The second-order valence-corrected chi connectivity index (χ2v) is 4.97. The molecular weight excluding hydrogens is 216 g/mol. The van der Waals surface area contributed by atoms with Crippen molar-refractivity contribution < 1.29 is 4.74 Å². The highest BCUT2D eigenvalue weighted by molar-refractivity contribution is 7.80. The van der Waals surface area contributed by atoms with Crippen LogP contribution in [0.5, 0.6) is 0 Å². The van der Waals surface area contributed by atoms with Gasteiger partial charge in [-0.3, -0.25) is 0 Å². The second-order valence-electron chi connectivity index (χ2n) is 4.52. The molecule has 0 saturated heterocycles. The SMILES string of the molecule is C=C(C)CCOCCCCCCCCCS. The second kappa shape index (κ2) is 13.1. The minimum Gasteiger partial charge on any atom is -0.381 e. The van der Waals surface area contributed by atoms with Crippen molar-refractivity contribution in [2.45, 2.75) is 58.3 Å². The Balaban J connectivity index is 2.90. The fourth-order valence-electron chi connectivity index (χ4n) is 1.55. The van der Waals surface area contributed by atoms with Crippen LogP contribution in [0.15, 0.2) is 12.2 Å². The molecule has 0 atom stereocenters. The highest BCUT2D eigenvalue weighted by Gasteiger charge is 1.92. The zero-order chi connectivity index (χ0) is 12.1. The van der Waals surface area contributed by atoms with E-state index in [0.29, 0.717) is 0 Å². The lowest BCUT2D eigenvalue weighted by atomic mass is 10.1. The van der Waals surface area contributed by atoms with Crippen molar-refractivity contribution in [1.29, 1.82) is 0 Å². The van der Waals surface area contributed by atoms with Crippen LogP contribution in [0.1, 0.15) is 58.3 Å². The van der Waals surface area contributed by atoms with Crippen LogP contribution in [0, 0.1) is 0 Å². The molecule has 0 aliphatic rings. The van der Waals surface area contributed by atoms with Crippen LogP contribution >= 0.6 is 12.6 Å². The van der Waals surface area contributed by atoms with Crippen LogP contribution in [0.2, 0.25) is 0 Å². The van der Waals surface area contributed by atoms with Crippen LogP contribution in [-0.4, -0.2) is 19.0 Å². The molecule has 0 bridgehead atoms. The van der Waals surface area contributed by atoms with Crippen LogP contribution < -0.4 is 0 Å². The maximum Gasteiger partial charge on any atom is 0.0502 e. The largest absolute Gasteiger partial charge is 0.381 e. The summed E-state index contributed by atoms with van der Waals surface area (Å²) in [5.74, 6) is 1.04. The number of unbranched alkanes of at least 4 members (excludes halogenated alkanes) is 6. The smallest absolute Gasteiger partial charge is 0.0502 e. The van der Waals surface area contributed by atoms with Gasteiger partial charge in [-0.15, -0.1) is 6.58 Å². The Kier molecular flexibility index (Phi) is 13.2. The van der Waals surface area contributed by atoms with E-state index in [0.717, 1.165) is 25.4 Å². The molecule has 0 aliphatic heterocycles. The van der Waals surface area contributed by atoms with Crippen LogP contribution in [0.4, 0.5) is 0 Å². The summed E-state index contributed by atoms with van der Waals surface area (Å²) in [6.07, 6.45) is 10.2. The topological polar surface area (TPSA) is 9.23 Å². The van der Waals surface area contributed by atoms with E-state index in [1.165, 1.54) is 50.5 Å². The van der Waals surface area contributed by atoms with E-state index in [1.54, 1.807) is 0 Å². The zero-order valence-electron chi connectivity index (χ0n) is 10.8. The lowest BCUT2D eigenvalue weighted by molar-refractivity contribution is 0.133. The maximum absolute atomic E-state index is 5.52. The Morgan fingerprint density at radius 2 is 1.50 bits per heavy atom. The molecule has 0 aromatic carbocycles. The van der Waals surface area contributed by atoms with Crippen molar-refractivity contribution in [2.75, 3.05) is 19.0 Å². The van der Waals surface area contributed by atoms with Gasteiger partial charge in [0, 0.05) is 6.61 Å². The summed E-state index contributed by atoms with van der Waals surface area (Å²) in [6, 6.07) is 0. The summed E-state index contributed by atoms with van der Waals surface area (Å²) >= 11 is 4.20. The Bertz CT molecular complexity index is 157. The summed E-state index contributed by atoms with van der Waals surface area (Å²) in [7, 11) is 0. The third-order valence-corrected chi connectivity index (χ3v) is 2.94. The lowest BCUT2D eigenvalue weighted by Crippen LogP contribution is -1.97. The first-order valence-corrected chi connectivity index (χ1v) is 7.23. The standard InChI is InChI=1S/C14H28OS/c1-14(2)10-12-15-11-8-6-4-3-5-7-9-13-16/h16H,1,3-13H2,2H3. The van der Waals surface area contributed by atoms with Crippen LogP contribution in [0.3, 0.4) is 0 Å². The van der Waals surface area contributed by atoms with E-state index in [2.05, 4.69) is 19.2 Å². The molecule has 2 heteroatoms. The third-order valence-electron chi connectivity index (χ3n) is 2.62. The van der Waals surface area contributed by atoms with Gasteiger partial charge in [0.1, 0.15) is 0 Å². The fourth-order valence-corrected chi connectivity index (χ4v) is 1.77. The van der Waals surface area contributed by atoms with Gasteiger partial charge in [-0.05, 0) is 31.9 Å². The highest BCUT2D eigenvalue weighted by atomic mass is 32.1. The van der Waals surface area contributed by atoms with E-state index in [-0.39, 0.29) is 0 Å². The van der Waals surface area contributed by atoms with Gasteiger partial charge in [-0.25, -0.2) is 0 Å². The molecule has 0 N–H and O–H groups in total. The molecule has 0 heterocycles. The van der Waals surface area contributed by atoms with Gasteiger partial charge in [-0.2, -0.15) is 12.6 Å². The van der Waals surface area contributed by atoms with E-state index < -0.39 is 0 Å². The number of rotatable bonds is 12. The first kappa shape index (κ1) is 16.1. The predicted molar refractivity (Wildman–Crippen MR) is 76.4 cm³/mol. The Hall–Kier alpha value is 0.0500. The molecule has 1 nitrogen and oxygen atoms in total. The molecule has 0 aromatic rings. The van der Waals surface area contributed by atoms with E-state index in [9.17, 15) is 0 Å². The van der Waals surface area contributed by atoms with E-state index in [1.807, 2.05) is 6.92 Å². The van der Waals surface area contributed by atoms with Gasteiger partial charge in [0.05, 0.1) is 6.61 Å². The fraction of sp³-hybridized carbons (Fsp3) is 0.857. The molecular formula is C14H28OS. The first-order valence-electron chi connectivity index (χ1n) is 6.60. The van der Waals surface area contributed by atoms with Gasteiger partial charge in [-0.1, -0.05) is 37.7 Å². The molecule has 0 fully saturated rings. The number of ether oxygens (including phenoxy) is 1. The number of hydrogen-bond acceptors (Lipinski definition) is 2. The van der Waals surface area contributed by atoms with E-state index >= 15 is 0 Å². The predicted octanol–water partition coefficient (Wildman–Crippen LogP) is 4.63. The Morgan fingerprint density at radius 3 is 2.06 bits per heavy atom. The van der Waals surface area contributed by atoms with Crippen molar-refractivity contribution in [3.8, 4) is 0 Å². The van der Waals surface area contributed by atoms with E-state index in [4.69, 9.17) is 4.74 Å². The molecule has 0 saturated carbocycles. The van der Waals surface area contributed by atoms with Crippen molar-refractivity contribution >= 4 is 12.6 Å². The summed E-state index contributed by atoms with van der Waals surface area (Å²) in [6.45, 7) is 7.67. The quantitative estimate of drug-likeness (QED) is 0.299. The summed E-state index contributed by atoms with van der Waals surface area (Å²) in [5.41, 5.74) is 1.21. The molecule has 16 heavy (non-hydrogen) atoms. The Labute approximate surface area is 107 Å². The minimum absolute atomic E-state index is 0.845. The van der Waals surface area contributed by atoms with Crippen molar-refractivity contribution in [2.24, 2.45) is 0 Å². The normalized spacial score (nSPS) is 10.6. The van der Waals surface area contributed by atoms with Crippen molar-refractivity contribution in [3.63, 3.8) is 0 Å². The molecule has 0 unspecified atom stereocenters. The molecule has 0 rings (SSSR count). The van der Waals surface area contributed by atoms with Crippen LogP contribution in [0.25, 0.3) is 0 Å².